The Morgan fingerprint density at radius 1 is 1.44 bits per heavy atom. The van der Waals surface area contributed by atoms with E-state index in [2.05, 4.69) is 43.4 Å². The second-order valence-electron chi connectivity index (χ2n) is 4.58. The van der Waals surface area contributed by atoms with Gasteiger partial charge in [0.2, 0.25) is 0 Å². The summed E-state index contributed by atoms with van der Waals surface area (Å²) in [5.41, 5.74) is 1.34. The molecule has 0 aliphatic carbocycles. The topological polar surface area (TPSA) is 21.3 Å². The van der Waals surface area contributed by atoms with E-state index in [-0.39, 0.29) is 0 Å². The molecule has 0 amide bonds. The van der Waals surface area contributed by atoms with Crippen LogP contribution in [-0.2, 0) is 0 Å². The molecule has 0 spiro atoms. The van der Waals surface area contributed by atoms with Gasteiger partial charge in [0, 0.05) is 6.54 Å². The largest absolute Gasteiger partial charge is 0.489 e. The van der Waals surface area contributed by atoms with Gasteiger partial charge in [-0.3, -0.25) is 0 Å². The molecule has 88 valence electrons. The Morgan fingerprint density at radius 2 is 2.25 bits per heavy atom. The molecule has 1 aliphatic rings. The lowest BCUT2D eigenvalue weighted by Gasteiger charge is -2.18. The number of nitrogens with one attached hydrogen (secondary N) is 1. The summed E-state index contributed by atoms with van der Waals surface area (Å²) in [6.45, 7) is 6.54. The molecular weight excluding hydrogens is 198 g/mol. The Labute approximate surface area is 98.0 Å². The lowest BCUT2D eigenvalue weighted by atomic mass is 9.98. The van der Waals surface area contributed by atoms with Crippen molar-refractivity contribution in [1.29, 1.82) is 0 Å². The molecule has 1 saturated heterocycles. The molecule has 0 saturated carbocycles. The van der Waals surface area contributed by atoms with Gasteiger partial charge in [-0.15, -0.1) is 0 Å². The first-order chi connectivity index (χ1) is 7.81. The van der Waals surface area contributed by atoms with Crippen LogP contribution in [0.2, 0.25) is 0 Å². The van der Waals surface area contributed by atoms with Gasteiger partial charge in [0.1, 0.15) is 11.9 Å². The maximum atomic E-state index is 6.07. The molecule has 1 fully saturated rings. The van der Waals surface area contributed by atoms with Crippen molar-refractivity contribution >= 4 is 0 Å². The third kappa shape index (κ3) is 2.56. The summed E-state index contributed by atoms with van der Waals surface area (Å²) in [6, 6.07) is 8.44. The van der Waals surface area contributed by atoms with Crippen molar-refractivity contribution in [3.05, 3.63) is 29.8 Å². The van der Waals surface area contributed by atoms with Gasteiger partial charge < -0.3 is 10.1 Å². The minimum Gasteiger partial charge on any atom is -0.489 e. The fourth-order valence-corrected chi connectivity index (χ4v) is 2.12. The Bertz CT molecular complexity index is 331. The van der Waals surface area contributed by atoms with Crippen molar-refractivity contribution in [2.24, 2.45) is 0 Å². The molecule has 16 heavy (non-hydrogen) atoms. The molecule has 2 atom stereocenters. The number of para-hydroxylation sites is 1. The number of rotatable bonds is 4. The predicted octanol–water partition coefficient (Wildman–Crippen LogP) is 2.94. The fraction of sp³-hybridized carbons (Fsp3) is 0.571. The van der Waals surface area contributed by atoms with Gasteiger partial charge >= 0.3 is 0 Å². The van der Waals surface area contributed by atoms with Crippen LogP contribution in [0.3, 0.4) is 0 Å². The first-order valence-electron chi connectivity index (χ1n) is 6.27. The molecule has 0 radical (unpaired) electrons. The Balaban J connectivity index is 2.12. The zero-order chi connectivity index (χ0) is 11.4. The summed E-state index contributed by atoms with van der Waals surface area (Å²) < 4.78 is 6.07. The molecular formula is C14H21NO. The molecule has 2 nitrogen and oxygen atoms in total. The number of hydrogen-bond acceptors (Lipinski definition) is 2. The van der Waals surface area contributed by atoms with Crippen molar-refractivity contribution < 1.29 is 4.74 Å². The Hall–Kier alpha value is -1.02. The van der Waals surface area contributed by atoms with Gasteiger partial charge in [-0.25, -0.2) is 0 Å². The van der Waals surface area contributed by atoms with Gasteiger partial charge in [-0.2, -0.15) is 0 Å². The van der Waals surface area contributed by atoms with Crippen molar-refractivity contribution in [3.8, 4) is 5.75 Å². The molecule has 1 aromatic rings. The SMILES string of the molecule is CCC(C)c1ccccc1O[C@@H]1CCNC1. The van der Waals surface area contributed by atoms with Crippen LogP contribution in [0.4, 0.5) is 0 Å². The first-order valence-corrected chi connectivity index (χ1v) is 6.27. The molecule has 0 aromatic heterocycles. The van der Waals surface area contributed by atoms with Crippen LogP contribution in [0.5, 0.6) is 5.75 Å². The third-order valence-corrected chi connectivity index (χ3v) is 3.37. The highest BCUT2D eigenvalue weighted by Gasteiger charge is 2.18. The highest BCUT2D eigenvalue weighted by atomic mass is 16.5. The van der Waals surface area contributed by atoms with Crippen LogP contribution >= 0.6 is 0 Å². The second-order valence-corrected chi connectivity index (χ2v) is 4.58. The smallest absolute Gasteiger partial charge is 0.123 e. The van der Waals surface area contributed by atoms with E-state index in [0.29, 0.717) is 12.0 Å². The summed E-state index contributed by atoms with van der Waals surface area (Å²) in [4.78, 5) is 0. The lowest BCUT2D eigenvalue weighted by Crippen LogP contribution is -2.20. The highest BCUT2D eigenvalue weighted by Crippen LogP contribution is 2.29. The van der Waals surface area contributed by atoms with E-state index in [1.54, 1.807) is 0 Å². The maximum Gasteiger partial charge on any atom is 0.123 e. The quantitative estimate of drug-likeness (QED) is 0.840. The van der Waals surface area contributed by atoms with E-state index in [0.717, 1.165) is 31.7 Å². The fourth-order valence-electron chi connectivity index (χ4n) is 2.12. The molecule has 1 unspecified atom stereocenters. The number of benzene rings is 1. The monoisotopic (exact) mass is 219 g/mol. The summed E-state index contributed by atoms with van der Waals surface area (Å²) in [6.07, 6.45) is 2.63. The van der Waals surface area contributed by atoms with Crippen LogP contribution < -0.4 is 10.1 Å². The molecule has 0 bridgehead atoms. The van der Waals surface area contributed by atoms with E-state index in [9.17, 15) is 0 Å². The van der Waals surface area contributed by atoms with Crippen molar-refractivity contribution in [3.63, 3.8) is 0 Å². The zero-order valence-corrected chi connectivity index (χ0v) is 10.2. The molecule has 2 heteroatoms. The van der Waals surface area contributed by atoms with Gasteiger partial charge in [0.25, 0.3) is 0 Å². The highest BCUT2D eigenvalue weighted by molar-refractivity contribution is 5.36. The van der Waals surface area contributed by atoms with Gasteiger partial charge in [0.15, 0.2) is 0 Å². The van der Waals surface area contributed by atoms with Crippen LogP contribution in [0, 0.1) is 0 Å². The minimum atomic E-state index is 0.352. The van der Waals surface area contributed by atoms with Gasteiger partial charge in [0.05, 0.1) is 0 Å². The van der Waals surface area contributed by atoms with Crippen LogP contribution in [0.25, 0.3) is 0 Å². The Morgan fingerprint density at radius 3 is 2.94 bits per heavy atom. The molecule has 1 aromatic carbocycles. The van der Waals surface area contributed by atoms with Crippen LogP contribution in [-0.4, -0.2) is 19.2 Å². The summed E-state index contributed by atoms with van der Waals surface area (Å²) >= 11 is 0. The van der Waals surface area contributed by atoms with E-state index >= 15 is 0 Å². The van der Waals surface area contributed by atoms with E-state index < -0.39 is 0 Å². The van der Waals surface area contributed by atoms with Crippen LogP contribution in [0.15, 0.2) is 24.3 Å². The first kappa shape index (κ1) is 11.5. The van der Waals surface area contributed by atoms with Crippen molar-refractivity contribution in [1.82, 2.24) is 5.32 Å². The average molecular weight is 219 g/mol. The molecule has 1 N–H and O–H groups in total. The molecule has 2 rings (SSSR count). The standard InChI is InChI=1S/C14H21NO/c1-3-11(2)13-6-4-5-7-14(13)16-12-8-9-15-10-12/h4-7,11-12,15H,3,8-10H2,1-2H3/t11?,12-/m1/s1. The van der Waals surface area contributed by atoms with Gasteiger partial charge in [-0.1, -0.05) is 32.0 Å². The predicted molar refractivity (Wildman–Crippen MR) is 67.1 cm³/mol. The third-order valence-electron chi connectivity index (χ3n) is 3.37. The summed E-state index contributed by atoms with van der Waals surface area (Å²) in [7, 11) is 0. The number of ether oxygens (including phenoxy) is 1. The van der Waals surface area contributed by atoms with Crippen molar-refractivity contribution in [2.75, 3.05) is 13.1 Å². The normalized spacial score (nSPS) is 22.0. The maximum absolute atomic E-state index is 6.07. The summed E-state index contributed by atoms with van der Waals surface area (Å²) in [5.74, 6) is 1.65. The second kappa shape index (κ2) is 5.35. The molecule has 1 heterocycles. The average Bonchev–Trinajstić information content (AvgIpc) is 2.82. The van der Waals surface area contributed by atoms with E-state index in [1.807, 2.05) is 0 Å². The van der Waals surface area contributed by atoms with Gasteiger partial charge in [-0.05, 0) is 36.9 Å². The lowest BCUT2D eigenvalue weighted by molar-refractivity contribution is 0.220. The summed E-state index contributed by atoms with van der Waals surface area (Å²) in [5, 5.41) is 3.33. The Kier molecular flexibility index (Phi) is 3.83. The number of hydrogen-bond donors (Lipinski definition) is 1. The zero-order valence-electron chi connectivity index (χ0n) is 10.2. The van der Waals surface area contributed by atoms with E-state index in [1.165, 1.54) is 5.56 Å². The van der Waals surface area contributed by atoms with Crippen LogP contribution in [0.1, 0.15) is 38.2 Å². The van der Waals surface area contributed by atoms with Crippen molar-refractivity contribution in [2.45, 2.75) is 38.7 Å². The van der Waals surface area contributed by atoms with E-state index in [4.69, 9.17) is 4.74 Å². The molecule has 1 aliphatic heterocycles. The minimum absolute atomic E-state index is 0.352.